The molecular weight excluding hydrogens is 202 g/mol. The van der Waals surface area contributed by atoms with Gasteiger partial charge in [0.25, 0.3) is 0 Å². The zero-order valence-corrected chi connectivity index (χ0v) is 10.3. The summed E-state index contributed by atoms with van der Waals surface area (Å²) in [6, 6.07) is 9.04. The summed E-state index contributed by atoms with van der Waals surface area (Å²) in [6.45, 7) is 6.82. The van der Waals surface area contributed by atoms with E-state index in [0.717, 1.165) is 11.8 Å². The second-order valence-electron chi connectivity index (χ2n) is 4.46. The van der Waals surface area contributed by atoms with Crippen LogP contribution in [0.25, 0.3) is 0 Å². The van der Waals surface area contributed by atoms with E-state index in [1.165, 1.54) is 23.4 Å². The summed E-state index contributed by atoms with van der Waals surface area (Å²) in [4.78, 5) is 1.41. The molecule has 1 aliphatic rings. The second-order valence-corrected chi connectivity index (χ2v) is 5.83. The average Bonchev–Trinajstić information content (AvgIpc) is 2.71. The molecule has 0 radical (unpaired) electrons. The standard InChI is InChI=1S/C13H19NS/c1-10(2)11-3-5-12(6-4-11)15-13-7-8-14-9-13/h3-6,10,13-14H,7-9H2,1-2H3. The number of nitrogens with one attached hydrogen (secondary N) is 1. The Labute approximate surface area is 96.7 Å². The molecule has 0 amide bonds. The molecule has 0 aromatic heterocycles. The van der Waals surface area contributed by atoms with Crippen LogP contribution in [0, 0.1) is 0 Å². The van der Waals surface area contributed by atoms with E-state index in [0.29, 0.717) is 5.92 Å². The van der Waals surface area contributed by atoms with Crippen LogP contribution in [-0.2, 0) is 0 Å². The van der Waals surface area contributed by atoms with Gasteiger partial charge in [-0.2, -0.15) is 0 Å². The van der Waals surface area contributed by atoms with Crippen LogP contribution in [-0.4, -0.2) is 18.3 Å². The van der Waals surface area contributed by atoms with Crippen molar-refractivity contribution in [3.63, 3.8) is 0 Å². The Kier molecular flexibility index (Phi) is 3.71. The lowest BCUT2D eigenvalue weighted by Crippen LogP contribution is -2.09. The van der Waals surface area contributed by atoms with E-state index in [4.69, 9.17) is 0 Å². The largest absolute Gasteiger partial charge is 0.316 e. The maximum atomic E-state index is 3.40. The van der Waals surface area contributed by atoms with E-state index in [1.54, 1.807) is 0 Å². The molecule has 1 heterocycles. The molecule has 0 bridgehead atoms. The van der Waals surface area contributed by atoms with Crippen molar-refractivity contribution < 1.29 is 0 Å². The fraction of sp³-hybridized carbons (Fsp3) is 0.538. The molecule has 1 fully saturated rings. The summed E-state index contributed by atoms with van der Waals surface area (Å²) in [5.74, 6) is 0.636. The molecule has 1 atom stereocenters. The van der Waals surface area contributed by atoms with Crippen LogP contribution < -0.4 is 5.32 Å². The van der Waals surface area contributed by atoms with Crippen LogP contribution in [0.4, 0.5) is 0 Å². The lowest BCUT2D eigenvalue weighted by Gasteiger charge is -2.09. The van der Waals surface area contributed by atoms with E-state index >= 15 is 0 Å². The van der Waals surface area contributed by atoms with Gasteiger partial charge >= 0.3 is 0 Å². The summed E-state index contributed by atoms with van der Waals surface area (Å²) in [6.07, 6.45) is 1.30. The zero-order chi connectivity index (χ0) is 10.7. The van der Waals surface area contributed by atoms with Crippen molar-refractivity contribution in [1.29, 1.82) is 0 Å². The molecule has 2 heteroatoms. The van der Waals surface area contributed by atoms with Crippen LogP contribution in [0.15, 0.2) is 29.2 Å². The number of thioether (sulfide) groups is 1. The topological polar surface area (TPSA) is 12.0 Å². The first-order chi connectivity index (χ1) is 7.25. The van der Waals surface area contributed by atoms with Crippen LogP contribution >= 0.6 is 11.8 Å². The smallest absolute Gasteiger partial charge is 0.0231 e. The molecule has 1 unspecified atom stereocenters. The highest BCUT2D eigenvalue weighted by molar-refractivity contribution is 8.00. The zero-order valence-electron chi connectivity index (χ0n) is 9.49. The number of rotatable bonds is 3. The van der Waals surface area contributed by atoms with Crippen molar-refractivity contribution in [2.45, 2.75) is 36.3 Å². The number of benzene rings is 1. The van der Waals surface area contributed by atoms with Gasteiger partial charge in [-0.05, 0) is 36.6 Å². The third kappa shape index (κ3) is 2.99. The summed E-state index contributed by atoms with van der Waals surface area (Å²) < 4.78 is 0. The molecule has 0 saturated carbocycles. The first kappa shape index (κ1) is 11.0. The summed E-state index contributed by atoms with van der Waals surface area (Å²) in [5, 5.41) is 4.17. The highest BCUT2D eigenvalue weighted by Gasteiger charge is 2.15. The van der Waals surface area contributed by atoms with Gasteiger partial charge in [0, 0.05) is 16.7 Å². The molecule has 1 saturated heterocycles. The number of hydrogen-bond donors (Lipinski definition) is 1. The van der Waals surface area contributed by atoms with Crippen molar-refractivity contribution in [2.75, 3.05) is 13.1 Å². The van der Waals surface area contributed by atoms with E-state index in [-0.39, 0.29) is 0 Å². The predicted octanol–water partition coefficient (Wildman–Crippen LogP) is 3.26. The van der Waals surface area contributed by atoms with Crippen molar-refractivity contribution in [1.82, 2.24) is 5.32 Å². The first-order valence-corrected chi connectivity index (χ1v) is 6.61. The van der Waals surface area contributed by atoms with Gasteiger partial charge in [-0.3, -0.25) is 0 Å². The molecule has 1 N–H and O–H groups in total. The fourth-order valence-electron chi connectivity index (χ4n) is 1.85. The SMILES string of the molecule is CC(C)c1ccc(SC2CCNC2)cc1. The molecule has 0 spiro atoms. The molecule has 1 aliphatic heterocycles. The summed E-state index contributed by atoms with van der Waals surface area (Å²) >= 11 is 2.01. The Hall–Kier alpha value is -0.470. The van der Waals surface area contributed by atoms with E-state index in [1.807, 2.05) is 11.8 Å². The maximum Gasteiger partial charge on any atom is 0.0231 e. The third-order valence-corrected chi connectivity index (χ3v) is 4.14. The molecule has 82 valence electrons. The van der Waals surface area contributed by atoms with Crippen LogP contribution in [0.2, 0.25) is 0 Å². The molecule has 15 heavy (non-hydrogen) atoms. The molecule has 2 rings (SSSR count). The van der Waals surface area contributed by atoms with Crippen LogP contribution in [0.3, 0.4) is 0 Å². The maximum absolute atomic E-state index is 3.40. The Bertz CT molecular complexity index is 299. The van der Waals surface area contributed by atoms with Gasteiger partial charge in [-0.25, -0.2) is 0 Å². The minimum Gasteiger partial charge on any atom is -0.316 e. The number of hydrogen-bond acceptors (Lipinski definition) is 2. The van der Waals surface area contributed by atoms with Gasteiger partial charge in [0.15, 0.2) is 0 Å². The van der Waals surface area contributed by atoms with Crippen molar-refractivity contribution in [3.8, 4) is 0 Å². The normalized spacial score (nSPS) is 21.1. The highest BCUT2D eigenvalue weighted by Crippen LogP contribution is 2.28. The quantitative estimate of drug-likeness (QED) is 0.841. The molecule has 1 aromatic carbocycles. The predicted molar refractivity (Wildman–Crippen MR) is 67.7 cm³/mol. The van der Waals surface area contributed by atoms with Gasteiger partial charge in [0.05, 0.1) is 0 Å². The molecule has 1 nitrogen and oxygen atoms in total. The highest BCUT2D eigenvalue weighted by atomic mass is 32.2. The fourth-order valence-corrected chi connectivity index (χ4v) is 2.97. The Morgan fingerprint density at radius 3 is 2.53 bits per heavy atom. The summed E-state index contributed by atoms with van der Waals surface area (Å²) in [5.41, 5.74) is 1.43. The Balaban J connectivity index is 1.97. The molecule has 0 aliphatic carbocycles. The van der Waals surface area contributed by atoms with Gasteiger partial charge in [-0.15, -0.1) is 11.8 Å². The molecule has 1 aromatic rings. The lowest BCUT2D eigenvalue weighted by atomic mass is 10.0. The monoisotopic (exact) mass is 221 g/mol. The van der Waals surface area contributed by atoms with E-state index < -0.39 is 0 Å². The van der Waals surface area contributed by atoms with Gasteiger partial charge in [-0.1, -0.05) is 26.0 Å². The molecular formula is C13H19NS. The second kappa shape index (κ2) is 5.04. The lowest BCUT2D eigenvalue weighted by molar-refractivity contribution is 0.858. The van der Waals surface area contributed by atoms with Gasteiger partial charge < -0.3 is 5.32 Å². The minimum atomic E-state index is 0.636. The third-order valence-electron chi connectivity index (χ3n) is 2.86. The van der Waals surface area contributed by atoms with E-state index in [9.17, 15) is 0 Å². The Morgan fingerprint density at radius 1 is 1.27 bits per heavy atom. The first-order valence-electron chi connectivity index (χ1n) is 5.73. The Morgan fingerprint density at radius 2 is 2.00 bits per heavy atom. The van der Waals surface area contributed by atoms with E-state index in [2.05, 4.69) is 43.4 Å². The summed E-state index contributed by atoms with van der Waals surface area (Å²) in [7, 11) is 0. The average molecular weight is 221 g/mol. The van der Waals surface area contributed by atoms with Crippen molar-refractivity contribution in [2.24, 2.45) is 0 Å². The van der Waals surface area contributed by atoms with Crippen molar-refractivity contribution >= 4 is 11.8 Å². The van der Waals surface area contributed by atoms with Crippen LogP contribution in [0.1, 0.15) is 31.7 Å². The van der Waals surface area contributed by atoms with Gasteiger partial charge in [0.2, 0.25) is 0 Å². The van der Waals surface area contributed by atoms with Crippen molar-refractivity contribution in [3.05, 3.63) is 29.8 Å². The minimum absolute atomic E-state index is 0.636. The van der Waals surface area contributed by atoms with Gasteiger partial charge in [0.1, 0.15) is 0 Å². The van der Waals surface area contributed by atoms with Crippen LogP contribution in [0.5, 0.6) is 0 Å².